The van der Waals surface area contributed by atoms with Crippen LogP contribution in [0.15, 0.2) is 0 Å². The number of hydrogen-bond donors (Lipinski definition) is 1. The Bertz CT molecular complexity index is 636. The topological polar surface area (TPSA) is 82.5 Å². The molecular weight excluding hydrogens is 330 g/mol. The normalized spacial score (nSPS) is 17.3. The van der Waals surface area contributed by atoms with Gasteiger partial charge < -0.3 is 9.47 Å². The summed E-state index contributed by atoms with van der Waals surface area (Å²) in [7, 11) is -0.272. The molecule has 0 spiro atoms. The van der Waals surface area contributed by atoms with Gasteiger partial charge in [-0.25, -0.2) is 8.42 Å². The van der Waals surface area contributed by atoms with E-state index in [9.17, 15) is 8.42 Å². The molecule has 1 aromatic rings. The third kappa shape index (κ3) is 4.70. The zero-order valence-corrected chi connectivity index (χ0v) is 15.9. The maximum absolute atomic E-state index is 12.6. The van der Waals surface area contributed by atoms with Crippen molar-refractivity contribution in [1.29, 1.82) is 0 Å². The summed E-state index contributed by atoms with van der Waals surface area (Å²) in [6, 6.07) is 0. The molecule has 7 nitrogen and oxygen atoms in total. The molecule has 1 N–H and O–H groups in total. The first-order valence-corrected chi connectivity index (χ1v) is 10.1. The molecule has 2 rings (SSSR count). The zero-order chi connectivity index (χ0) is 17.7. The summed E-state index contributed by atoms with van der Waals surface area (Å²) in [5, 5.41) is 4.39. The molecule has 1 fully saturated rings. The first-order valence-electron chi connectivity index (χ1n) is 8.44. The molecule has 0 aliphatic heterocycles. The Kier molecular flexibility index (Phi) is 6.65. The van der Waals surface area contributed by atoms with E-state index in [-0.39, 0.29) is 11.9 Å². The van der Waals surface area contributed by atoms with E-state index in [4.69, 9.17) is 9.47 Å². The fourth-order valence-corrected chi connectivity index (χ4v) is 4.91. The van der Waals surface area contributed by atoms with Crippen molar-refractivity contribution in [3.63, 3.8) is 0 Å². The van der Waals surface area contributed by atoms with Crippen molar-refractivity contribution in [1.82, 2.24) is 9.78 Å². The largest absolute Gasteiger partial charge is 0.383 e. The van der Waals surface area contributed by atoms with Gasteiger partial charge in [0.05, 0.1) is 42.1 Å². The summed E-state index contributed by atoms with van der Waals surface area (Å²) < 4.78 is 40.2. The molecule has 0 saturated heterocycles. The first kappa shape index (κ1) is 19.2. The zero-order valence-electron chi connectivity index (χ0n) is 15.0. The lowest BCUT2D eigenvalue weighted by molar-refractivity contribution is 0.0718. The summed E-state index contributed by atoms with van der Waals surface area (Å²) in [4.78, 5) is 0. The van der Waals surface area contributed by atoms with E-state index in [1.165, 1.54) is 0 Å². The van der Waals surface area contributed by atoms with Crippen LogP contribution in [0.25, 0.3) is 0 Å². The second-order valence-corrected chi connectivity index (χ2v) is 8.23. The molecule has 0 radical (unpaired) electrons. The van der Waals surface area contributed by atoms with Crippen LogP contribution in [0.3, 0.4) is 0 Å². The van der Waals surface area contributed by atoms with E-state index in [0.717, 1.165) is 31.4 Å². The molecule has 138 valence electrons. The van der Waals surface area contributed by atoms with Crippen molar-refractivity contribution in [3.8, 4) is 0 Å². The number of nitrogens with zero attached hydrogens (tertiary/aromatic N) is 2. The number of aromatic nitrogens is 2. The Hall–Kier alpha value is -1.12. The van der Waals surface area contributed by atoms with Crippen LogP contribution < -0.4 is 4.72 Å². The highest BCUT2D eigenvalue weighted by molar-refractivity contribution is 7.92. The number of nitrogens with one attached hydrogen (secondary N) is 1. The van der Waals surface area contributed by atoms with Gasteiger partial charge in [0.25, 0.3) is 0 Å². The molecular formula is C16H29N3O4S. The smallest absolute Gasteiger partial charge is 0.235 e. The van der Waals surface area contributed by atoms with Gasteiger partial charge in [0, 0.05) is 14.2 Å². The first-order chi connectivity index (χ1) is 11.4. The minimum atomic E-state index is -3.50. The predicted octanol–water partition coefficient (Wildman–Crippen LogP) is 2.09. The van der Waals surface area contributed by atoms with E-state index < -0.39 is 10.0 Å². The molecule has 1 atom stereocenters. The number of hydrogen-bond acceptors (Lipinski definition) is 5. The van der Waals surface area contributed by atoms with E-state index in [0.29, 0.717) is 30.5 Å². The lowest BCUT2D eigenvalue weighted by Crippen LogP contribution is -2.32. The molecule has 1 aliphatic rings. The Morgan fingerprint density at radius 2 is 1.96 bits per heavy atom. The minimum absolute atomic E-state index is 0.0176. The molecule has 1 aliphatic carbocycles. The van der Waals surface area contributed by atoms with Crippen molar-refractivity contribution in [2.45, 2.75) is 52.2 Å². The summed E-state index contributed by atoms with van der Waals surface area (Å²) in [6.07, 6.45) is 4.14. The van der Waals surface area contributed by atoms with E-state index >= 15 is 0 Å². The van der Waals surface area contributed by atoms with Crippen LogP contribution in [0.2, 0.25) is 0 Å². The number of aryl methyl sites for hydroxylation is 1. The number of rotatable bonds is 9. The summed E-state index contributed by atoms with van der Waals surface area (Å²) >= 11 is 0. The molecule has 1 heterocycles. The highest BCUT2D eigenvalue weighted by atomic mass is 32.2. The van der Waals surface area contributed by atoms with Gasteiger partial charge >= 0.3 is 0 Å². The minimum Gasteiger partial charge on any atom is -0.383 e. The van der Waals surface area contributed by atoms with Crippen molar-refractivity contribution >= 4 is 15.7 Å². The molecule has 1 saturated carbocycles. The number of methoxy groups -OCH3 is 2. The van der Waals surface area contributed by atoms with Crippen molar-refractivity contribution in [2.75, 3.05) is 31.3 Å². The summed E-state index contributed by atoms with van der Waals surface area (Å²) in [5.41, 5.74) is 2.03. The summed E-state index contributed by atoms with van der Waals surface area (Å²) in [5.74, 6) is 0.314. The molecule has 0 aromatic carbocycles. The number of anilines is 1. The molecule has 24 heavy (non-hydrogen) atoms. The Balaban J connectivity index is 2.09. The lowest BCUT2D eigenvalue weighted by atomic mass is 10.0. The molecule has 1 unspecified atom stereocenters. The Labute approximate surface area is 144 Å². The third-order valence-corrected chi connectivity index (χ3v) is 6.04. The fraction of sp³-hybridized carbons (Fsp3) is 0.812. The van der Waals surface area contributed by atoms with E-state index in [1.807, 2.05) is 6.92 Å². The van der Waals surface area contributed by atoms with Gasteiger partial charge in [0.1, 0.15) is 0 Å². The lowest BCUT2D eigenvalue weighted by Gasteiger charge is -2.22. The average Bonchev–Trinajstić information content (AvgIpc) is 3.15. The second kappa shape index (κ2) is 8.31. The van der Waals surface area contributed by atoms with Crippen LogP contribution in [-0.4, -0.2) is 50.9 Å². The molecule has 1 aromatic heterocycles. The van der Waals surface area contributed by atoms with Gasteiger partial charge in [-0.05, 0) is 32.6 Å². The van der Waals surface area contributed by atoms with Crippen LogP contribution in [-0.2, 0) is 26.0 Å². The van der Waals surface area contributed by atoms with Gasteiger partial charge in [0.15, 0.2) is 0 Å². The number of ether oxygens (including phenoxy) is 2. The highest BCUT2D eigenvalue weighted by Gasteiger charge is 2.30. The molecule has 0 amide bonds. The van der Waals surface area contributed by atoms with Gasteiger partial charge in [-0.15, -0.1) is 0 Å². The van der Waals surface area contributed by atoms with Crippen LogP contribution in [0, 0.1) is 19.8 Å². The van der Waals surface area contributed by atoms with Crippen LogP contribution in [0.4, 0.5) is 5.69 Å². The standard InChI is InChI=1S/C16H29N3O4S/c1-12-16(13(2)19(17-12)9-10-22-3)18-24(20,21)11-15(23-4)14-7-5-6-8-14/h14-15,18H,5-11H2,1-4H3. The average molecular weight is 359 g/mol. The number of sulfonamides is 1. The van der Waals surface area contributed by atoms with Crippen LogP contribution in [0.5, 0.6) is 0 Å². The van der Waals surface area contributed by atoms with Gasteiger partial charge in [-0.2, -0.15) is 5.10 Å². The monoisotopic (exact) mass is 359 g/mol. The van der Waals surface area contributed by atoms with Crippen molar-refractivity contribution in [3.05, 3.63) is 11.4 Å². The van der Waals surface area contributed by atoms with Crippen molar-refractivity contribution in [2.24, 2.45) is 5.92 Å². The Morgan fingerprint density at radius 3 is 2.54 bits per heavy atom. The van der Waals surface area contributed by atoms with E-state index in [2.05, 4.69) is 9.82 Å². The van der Waals surface area contributed by atoms with Gasteiger partial charge in [-0.3, -0.25) is 9.40 Å². The Morgan fingerprint density at radius 1 is 1.29 bits per heavy atom. The third-order valence-electron chi connectivity index (χ3n) is 4.76. The highest BCUT2D eigenvalue weighted by Crippen LogP contribution is 2.30. The summed E-state index contributed by atoms with van der Waals surface area (Å²) in [6.45, 7) is 4.78. The van der Waals surface area contributed by atoms with Crippen LogP contribution >= 0.6 is 0 Å². The maximum Gasteiger partial charge on any atom is 0.235 e. The van der Waals surface area contributed by atoms with Gasteiger partial charge in [-0.1, -0.05) is 12.8 Å². The molecule has 0 bridgehead atoms. The molecule has 8 heteroatoms. The second-order valence-electron chi connectivity index (χ2n) is 6.46. The maximum atomic E-state index is 12.6. The van der Waals surface area contributed by atoms with Crippen molar-refractivity contribution < 1.29 is 17.9 Å². The quantitative estimate of drug-likeness (QED) is 0.730. The fourth-order valence-electron chi connectivity index (χ4n) is 3.38. The SMILES string of the molecule is COCCn1nc(C)c(NS(=O)(=O)CC(OC)C2CCCC2)c1C. The van der Waals surface area contributed by atoms with Crippen LogP contribution in [0.1, 0.15) is 37.1 Å². The predicted molar refractivity (Wildman–Crippen MR) is 93.7 cm³/mol. The van der Waals surface area contributed by atoms with Gasteiger partial charge in [0.2, 0.25) is 10.0 Å². The van der Waals surface area contributed by atoms with E-state index in [1.54, 1.807) is 25.8 Å².